The number of hydrogen-bond acceptors (Lipinski definition) is 3. The molecule has 1 aromatic heterocycles. The molecule has 4 heteroatoms. The standard InChI is InChI=1S/C16H23FN2S/c1-11(2)8-18-9-12(3)19-10-15-6-13-4-5-14(17)7-16(13)20-15/h4-7,11-12,18-19H,8-10H2,1-3H3. The van der Waals surface area contributed by atoms with E-state index in [1.54, 1.807) is 17.4 Å². The Morgan fingerprint density at radius 3 is 2.70 bits per heavy atom. The van der Waals surface area contributed by atoms with Gasteiger partial charge in [-0.25, -0.2) is 4.39 Å². The van der Waals surface area contributed by atoms with Crippen molar-refractivity contribution in [3.8, 4) is 0 Å². The normalized spacial score (nSPS) is 13.2. The van der Waals surface area contributed by atoms with Gasteiger partial charge in [-0.05, 0) is 43.0 Å². The molecule has 1 heterocycles. The monoisotopic (exact) mass is 294 g/mol. The zero-order valence-corrected chi connectivity index (χ0v) is 13.2. The van der Waals surface area contributed by atoms with Crippen LogP contribution in [-0.4, -0.2) is 19.1 Å². The Bertz CT molecular complexity index is 550. The second-order valence-electron chi connectivity index (χ2n) is 5.73. The molecular formula is C16H23FN2S. The van der Waals surface area contributed by atoms with E-state index in [1.807, 2.05) is 6.07 Å². The predicted molar refractivity (Wildman–Crippen MR) is 85.8 cm³/mol. The summed E-state index contributed by atoms with van der Waals surface area (Å²) in [5.41, 5.74) is 0. The van der Waals surface area contributed by atoms with Crippen LogP contribution >= 0.6 is 11.3 Å². The highest BCUT2D eigenvalue weighted by Crippen LogP contribution is 2.26. The molecule has 0 aliphatic rings. The van der Waals surface area contributed by atoms with Crippen molar-refractivity contribution in [1.29, 1.82) is 0 Å². The van der Waals surface area contributed by atoms with Crippen LogP contribution < -0.4 is 10.6 Å². The SMILES string of the molecule is CC(C)CNCC(C)NCc1cc2ccc(F)cc2s1. The third-order valence-corrected chi connectivity index (χ3v) is 4.26. The smallest absolute Gasteiger partial charge is 0.124 e. The van der Waals surface area contributed by atoms with E-state index in [4.69, 9.17) is 0 Å². The van der Waals surface area contributed by atoms with E-state index < -0.39 is 0 Å². The van der Waals surface area contributed by atoms with Crippen molar-refractivity contribution in [3.05, 3.63) is 35.0 Å². The van der Waals surface area contributed by atoms with E-state index >= 15 is 0 Å². The van der Waals surface area contributed by atoms with Crippen molar-refractivity contribution in [2.75, 3.05) is 13.1 Å². The minimum Gasteiger partial charge on any atom is -0.315 e. The molecule has 0 aliphatic heterocycles. The molecule has 0 spiro atoms. The summed E-state index contributed by atoms with van der Waals surface area (Å²) in [5.74, 6) is 0.518. The van der Waals surface area contributed by atoms with Gasteiger partial charge < -0.3 is 10.6 Å². The molecule has 20 heavy (non-hydrogen) atoms. The summed E-state index contributed by atoms with van der Waals surface area (Å²) in [4.78, 5) is 1.25. The third-order valence-electron chi connectivity index (χ3n) is 3.16. The Labute approximate surface area is 124 Å². The molecule has 1 atom stereocenters. The number of halogens is 1. The van der Waals surface area contributed by atoms with Crippen LogP contribution in [-0.2, 0) is 6.54 Å². The van der Waals surface area contributed by atoms with E-state index in [1.165, 1.54) is 10.9 Å². The second-order valence-corrected chi connectivity index (χ2v) is 6.90. The molecule has 0 aliphatic carbocycles. The highest BCUT2D eigenvalue weighted by Gasteiger charge is 2.05. The lowest BCUT2D eigenvalue weighted by molar-refractivity contribution is 0.473. The van der Waals surface area contributed by atoms with Crippen LogP contribution in [0.2, 0.25) is 0 Å². The van der Waals surface area contributed by atoms with Gasteiger partial charge >= 0.3 is 0 Å². The van der Waals surface area contributed by atoms with Gasteiger partial charge in [0.25, 0.3) is 0 Å². The van der Waals surface area contributed by atoms with Gasteiger partial charge in [0.15, 0.2) is 0 Å². The molecule has 0 bridgehead atoms. The van der Waals surface area contributed by atoms with E-state index in [9.17, 15) is 4.39 Å². The first-order valence-corrected chi connectivity index (χ1v) is 7.98. The van der Waals surface area contributed by atoms with E-state index in [0.717, 1.165) is 29.7 Å². The molecule has 2 N–H and O–H groups in total. The van der Waals surface area contributed by atoms with Crippen molar-refractivity contribution in [3.63, 3.8) is 0 Å². The summed E-state index contributed by atoms with van der Waals surface area (Å²) in [5, 5.41) is 8.07. The van der Waals surface area contributed by atoms with Crippen molar-refractivity contribution in [2.24, 2.45) is 5.92 Å². The van der Waals surface area contributed by atoms with Crippen molar-refractivity contribution in [2.45, 2.75) is 33.4 Å². The fourth-order valence-corrected chi connectivity index (χ4v) is 3.12. The predicted octanol–water partition coefficient (Wildman–Crippen LogP) is 3.76. The van der Waals surface area contributed by atoms with Gasteiger partial charge in [-0.15, -0.1) is 11.3 Å². The summed E-state index contributed by atoms with van der Waals surface area (Å²) in [6.45, 7) is 9.46. The van der Waals surface area contributed by atoms with Crippen LogP contribution in [0.1, 0.15) is 25.6 Å². The number of fused-ring (bicyclic) bond motifs is 1. The maximum atomic E-state index is 13.1. The maximum Gasteiger partial charge on any atom is 0.124 e. The number of rotatable bonds is 7. The Kier molecular flexibility index (Phi) is 5.52. The van der Waals surface area contributed by atoms with Crippen molar-refractivity contribution in [1.82, 2.24) is 10.6 Å². The summed E-state index contributed by atoms with van der Waals surface area (Å²) >= 11 is 1.66. The maximum absolute atomic E-state index is 13.1. The molecule has 0 fully saturated rings. The molecule has 2 nitrogen and oxygen atoms in total. The van der Waals surface area contributed by atoms with Gasteiger partial charge in [0, 0.05) is 28.7 Å². The molecule has 2 rings (SSSR count). The van der Waals surface area contributed by atoms with E-state index in [0.29, 0.717) is 12.0 Å². The van der Waals surface area contributed by atoms with Crippen molar-refractivity contribution < 1.29 is 4.39 Å². The van der Waals surface area contributed by atoms with Gasteiger partial charge in [-0.1, -0.05) is 19.9 Å². The fourth-order valence-electron chi connectivity index (χ4n) is 2.08. The molecule has 0 radical (unpaired) electrons. The average Bonchev–Trinajstić information content (AvgIpc) is 2.77. The van der Waals surface area contributed by atoms with Gasteiger partial charge in [-0.3, -0.25) is 0 Å². The fraction of sp³-hybridized carbons (Fsp3) is 0.500. The minimum absolute atomic E-state index is 0.162. The molecule has 0 amide bonds. The largest absolute Gasteiger partial charge is 0.315 e. The summed E-state index contributed by atoms with van der Waals surface area (Å²) < 4.78 is 14.2. The quantitative estimate of drug-likeness (QED) is 0.812. The Hall–Kier alpha value is -0.970. The van der Waals surface area contributed by atoms with Crippen LogP contribution in [0.25, 0.3) is 10.1 Å². The number of benzene rings is 1. The molecular weight excluding hydrogens is 271 g/mol. The molecule has 1 unspecified atom stereocenters. The Balaban J connectivity index is 1.83. The average molecular weight is 294 g/mol. The van der Waals surface area contributed by atoms with Crippen LogP contribution in [0.5, 0.6) is 0 Å². The molecule has 1 aromatic carbocycles. The van der Waals surface area contributed by atoms with Crippen LogP contribution in [0.3, 0.4) is 0 Å². The number of nitrogens with one attached hydrogen (secondary N) is 2. The molecule has 2 aromatic rings. The van der Waals surface area contributed by atoms with E-state index in [-0.39, 0.29) is 5.82 Å². The summed E-state index contributed by atoms with van der Waals surface area (Å²) in [7, 11) is 0. The Morgan fingerprint density at radius 2 is 1.95 bits per heavy atom. The molecule has 0 saturated heterocycles. The van der Waals surface area contributed by atoms with Crippen LogP contribution in [0, 0.1) is 11.7 Å². The number of hydrogen-bond donors (Lipinski definition) is 2. The Morgan fingerprint density at radius 1 is 1.15 bits per heavy atom. The molecule has 0 saturated carbocycles. The highest BCUT2D eigenvalue weighted by molar-refractivity contribution is 7.19. The lowest BCUT2D eigenvalue weighted by atomic mass is 10.2. The summed E-state index contributed by atoms with van der Waals surface area (Å²) in [6.07, 6.45) is 0. The minimum atomic E-state index is -0.162. The first-order chi connectivity index (χ1) is 9.54. The van der Waals surface area contributed by atoms with Gasteiger partial charge in [-0.2, -0.15) is 0 Å². The molecule has 110 valence electrons. The second kappa shape index (κ2) is 7.16. The number of thiophene rings is 1. The first kappa shape index (κ1) is 15.4. The highest BCUT2D eigenvalue weighted by atomic mass is 32.1. The van der Waals surface area contributed by atoms with Gasteiger partial charge in [0.1, 0.15) is 5.82 Å². The first-order valence-electron chi connectivity index (χ1n) is 7.16. The zero-order valence-electron chi connectivity index (χ0n) is 12.4. The van der Waals surface area contributed by atoms with Gasteiger partial charge in [0.2, 0.25) is 0 Å². The van der Waals surface area contributed by atoms with E-state index in [2.05, 4.69) is 37.5 Å². The van der Waals surface area contributed by atoms with Crippen molar-refractivity contribution >= 4 is 21.4 Å². The van der Waals surface area contributed by atoms with Crippen LogP contribution in [0.4, 0.5) is 4.39 Å². The summed E-state index contributed by atoms with van der Waals surface area (Å²) in [6, 6.07) is 7.54. The van der Waals surface area contributed by atoms with Crippen LogP contribution in [0.15, 0.2) is 24.3 Å². The topological polar surface area (TPSA) is 24.1 Å². The lowest BCUT2D eigenvalue weighted by Crippen LogP contribution is -2.37. The van der Waals surface area contributed by atoms with Gasteiger partial charge in [0.05, 0.1) is 0 Å². The third kappa shape index (κ3) is 4.54. The lowest BCUT2D eigenvalue weighted by Gasteiger charge is -2.15. The zero-order chi connectivity index (χ0) is 14.5.